The van der Waals surface area contributed by atoms with Crippen LogP contribution in [0.2, 0.25) is 0 Å². The summed E-state index contributed by atoms with van der Waals surface area (Å²) in [4.78, 5) is 10.3. The fraction of sp³-hybridized carbons (Fsp3) is 0.250. The number of hydrogen-bond donors (Lipinski definition) is 0. The second-order valence-electron chi connectivity index (χ2n) is 2.93. The number of rotatable bonds is 1. The molecule has 2 rings (SSSR count). The highest BCUT2D eigenvalue weighted by Crippen LogP contribution is 2.19. The van der Waals surface area contributed by atoms with E-state index in [-0.39, 0.29) is 0 Å². The Kier molecular flexibility index (Phi) is 1.95. The molecule has 13 heavy (non-hydrogen) atoms. The quantitative estimate of drug-likeness (QED) is 0.759. The van der Waals surface area contributed by atoms with Crippen LogP contribution in [0.25, 0.3) is 5.65 Å². The van der Waals surface area contributed by atoms with Crippen LogP contribution in [-0.4, -0.2) is 28.5 Å². The second-order valence-corrected chi connectivity index (χ2v) is 3.75. The number of fused-ring (bicyclic) bond motifs is 1. The van der Waals surface area contributed by atoms with E-state index in [4.69, 9.17) is 0 Å². The van der Waals surface area contributed by atoms with Crippen molar-refractivity contribution >= 4 is 27.4 Å². The van der Waals surface area contributed by atoms with Crippen molar-refractivity contribution in [2.75, 3.05) is 19.0 Å². The Bertz CT molecular complexity index is 435. The zero-order chi connectivity index (χ0) is 9.42. The van der Waals surface area contributed by atoms with Crippen LogP contribution < -0.4 is 4.90 Å². The summed E-state index contributed by atoms with van der Waals surface area (Å²) in [5, 5.41) is 0. The second kappa shape index (κ2) is 2.99. The summed E-state index contributed by atoms with van der Waals surface area (Å²) in [5.74, 6) is 1.00. The van der Waals surface area contributed by atoms with Gasteiger partial charge in [0.15, 0.2) is 5.65 Å². The van der Waals surface area contributed by atoms with Gasteiger partial charge in [-0.15, -0.1) is 0 Å². The lowest BCUT2D eigenvalue weighted by Gasteiger charge is -2.13. The highest BCUT2D eigenvalue weighted by atomic mass is 79.9. The normalized spacial score (nSPS) is 10.7. The molecule has 0 aromatic carbocycles. The third-order valence-electron chi connectivity index (χ3n) is 1.81. The van der Waals surface area contributed by atoms with Crippen LogP contribution in [0.5, 0.6) is 0 Å². The minimum absolute atomic E-state index is 0.845. The summed E-state index contributed by atoms with van der Waals surface area (Å²) < 4.78 is 2.93. The average Bonchev–Trinajstić information content (AvgIpc) is 2.48. The van der Waals surface area contributed by atoms with E-state index in [1.54, 1.807) is 18.6 Å². The molecule has 4 nitrogen and oxygen atoms in total. The van der Waals surface area contributed by atoms with Crippen molar-refractivity contribution in [2.24, 2.45) is 0 Å². The summed E-state index contributed by atoms with van der Waals surface area (Å²) in [6.07, 6.45) is 5.31. The van der Waals surface area contributed by atoms with Gasteiger partial charge < -0.3 is 4.90 Å². The van der Waals surface area contributed by atoms with Gasteiger partial charge in [0.25, 0.3) is 0 Å². The van der Waals surface area contributed by atoms with E-state index in [0.717, 1.165) is 16.1 Å². The predicted octanol–water partition coefficient (Wildman–Crippen LogP) is 1.56. The molecule has 2 heterocycles. The van der Waals surface area contributed by atoms with Gasteiger partial charge in [-0.1, -0.05) is 0 Å². The predicted molar refractivity (Wildman–Crippen MR) is 55.0 cm³/mol. The van der Waals surface area contributed by atoms with E-state index in [1.165, 1.54) is 0 Å². The summed E-state index contributed by atoms with van der Waals surface area (Å²) in [6, 6.07) is 0. The van der Waals surface area contributed by atoms with Crippen molar-refractivity contribution in [2.45, 2.75) is 0 Å². The smallest absolute Gasteiger partial charge is 0.157 e. The van der Waals surface area contributed by atoms with Gasteiger partial charge in [0, 0.05) is 14.1 Å². The van der Waals surface area contributed by atoms with Gasteiger partial charge in [0.1, 0.15) is 10.4 Å². The van der Waals surface area contributed by atoms with Gasteiger partial charge in [-0.05, 0) is 15.9 Å². The van der Waals surface area contributed by atoms with Crippen molar-refractivity contribution in [3.8, 4) is 0 Å². The molecule has 0 saturated heterocycles. The molecule has 0 aliphatic heterocycles. The molecule has 0 bridgehead atoms. The largest absolute Gasteiger partial charge is 0.363 e. The van der Waals surface area contributed by atoms with E-state index in [2.05, 4.69) is 25.9 Å². The molecule has 0 unspecified atom stereocenters. The number of hydrogen-bond acceptors (Lipinski definition) is 3. The van der Waals surface area contributed by atoms with Crippen LogP contribution in [0.3, 0.4) is 0 Å². The van der Waals surface area contributed by atoms with Crippen molar-refractivity contribution in [3.05, 3.63) is 23.2 Å². The average molecular weight is 241 g/mol. The van der Waals surface area contributed by atoms with Gasteiger partial charge in [0.2, 0.25) is 0 Å². The third kappa shape index (κ3) is 1.29. The molecule has 0 radical (unpaired) electrons. The lowest BCUT2D eigenvalue weighted by molar-refractivity contribution is 0.991. The van der Waals surface area contributed by atoms with Gasteiger partial charge in [-0.25, -0.2) is 4.98 Å². The molecular formula is C8H9BrN4. The third-order valence-corrected chi connectivity index (χ3v) is 2.37. The topological polar surface area (TPSA) is 33.4 Å². The van der Waals surface area contributed by atoms with Crippen LogP contribution >= 0.6 is 15.9 Å². The maximum Gasteiger partial charge on any atom is 0.157 e. The number of nitrogens with zero attached hydrogens (tertiary/aromatic N) is 4. The Morgan fingerprint density at radius 2 is 2.08 bits per heavy atom. The molecule has 5 heteroatoms. The molecule has 0 N–H and O–H groups in total. The van der Waals surface area contributed by atoms with Gasteiger partial charge >= 0.3 is 0 Å². The first-order valence-corrected chi connectivity index (χ1v) is 4.64. The van der Waals surface area contributed by atoms with Gasteiger partial charge in [-0.3, -0.25) is 9.38 Å². The molecule has 68 valence electrons. The Balaban J connectivity index is 2.80. The number of halogens is 1. The highest BCUT2D eigenvalue weighted by Gasteiger charge is 2.06. The summed E-state index contributed by atoms with van der Waals surface area (Å²) in [7, 11) is 3.95. The van der Waals surface area contributed by atoms with Crippen molar-refractivity contribution in [1.82, 2.24) is 14.4 Å². The maximum atomic E-state index is 4.19. The van der Waals surface area contributed by atoms with Crippen LogP contribution in [0.4, 0.5) is 5.82 Å². The van der Waals surface area contributed by atoms with E-state index in [0.29, 0.717) is 0 Å². The van der Waals surface area contributed by atoms with E-state index in [9.17, 15) is 0 Å². The van der Waals surface area contributed by atoms with Crippen LogP contribution in [0.1, 0.15) is 0 Å². The minimum atomic E-state index is 0.845. The molecule has 0 aliphatic rings. The lowest BCUT2D eigenvalue weighted by atomic mass is 10.6. The van der Waals surface area contributed by atoms with Gasteiger partial charge in [0.05, 0.1) is 18.6 Å². The first-order chi connectivity index (χ1) is 6.20. The fourth-order valence-electron chi connectivity index (χ4n) is 1.21. The Morgan fingerprint density at radius 1 is 1.31 bits per heavy atom. The molecule has 2 aromatic heterocycles. The Labute approximate surface area is 84.3 Å². The number of aromatic nitrogens is 3. The van der Waals surface area contributed by atoms with Crippen molar-refractivity contribution in [3.63, 3.8) is 0 Å². The van der Waals surface area contributed by atoms with E-state index >= 15 is 0 Å². The molecule has 0 amide bonds. The molecule has 0 atom stereocenters. The number of anilines is 1. The van der Waals surface area contributed by atoms with Crippen LogP contribution in [-0.2, 0) is 0 Å². The van der Waals surface area contributed by atoms with E-state index in [1.807, 2.05) is 23.4 Å². The van der Waals surface area contributed by atoms with E-state index < -0.39 is 0 Å². The zero-order valence-electron chi connectivity index (χ0n) is 7.40. The number of imidazole rings is 1. The fourth-order valence-corrected chi connectivity index (χ4v) is 1.67. The van der Waals surface area contributed by atoms with Crippen molar-refractivity contribution in [1.29, 1.82) is 0 Å². The maximum absolute atomic E-state index is 4.19. The Hall–Kier alpha value is -1.10. The van der Waals surface area contributed by atoms with Crippen LogP contribution in [0, 0.1) is 0 Å². The molecule has 2 aromatic rings. The standard InChI is InChI=1S/C8H9BrN4/c1-12(2)8-5-10-4-7-11-3-6(9)13(7)8/h3-5H,1-2H3. The molecule has 0 saturated carbocycles. The molecule has 0 aliphatic carbocycles. The highest BCUT2D eigenvalue weighted by molar-refractivity contribution is 9.10. The summed E-state index contributed by atoms with van der Waals surface area (Å²) in [5.41, 5.74) is 0.845. The molecular weight excluding hydrogens is 232 g/mol. The molecule has 0 spiro atoms. The Morgan fingerprint density at radius 3 is 2.77 bits per heavy atom. The summed E-state index contributed by atoms with van der Waals surface area (Å²) >= 11 is 3.43. The zero-order valence-corrected chi connectivity index (χ0v) is 8.98. The lowest BCUT2D eigenvalue weighted by Crippen LogP contribution is -2.13. The first kappa shape index (κ1) is 8.50. The minimum Gasteiger partial charge on any atom is -0.363 e. The summed E-state index contributed by atoms with van der Waals surface area (Å²) in [6.45, 7) is 0. The van der Waals surface area contributed by atoms with Crippen LogP contribution in [0.15, 0.2) is 23.2 Å². The van der Waals surface area contributed by atoms with Crippen molar-refractivity contribution < 1.29 is 0 Å². The molecule has 0 fully saturated rings. The monoisotopic (exact) mass is 240 g/mol. The van der Waals surface area contributed by atoms with Gasteiger partial charge in [-0.2, -0.15) is 0 Å². The SMILES string of the molecule is CN(C)c1cncc2ncc(Br)n12. The first-order valence-electron chi connectivity index (χ1n) is 3.84.